The van der Waals surface area contributed by atoms with E-state index in [2.05, 4.69) is 23.2 Å². The fourth-order valence-electron chi connectivity index (χ4n) is 2.41. The molecule has 0 fully saturated rings. The van der Waals surface area contributed by atoms with Crippen molar-refractivity contribution < 1.29 is 9.53 Å². The minimum atomic E-state index is -0.316. The van der Waals surface area contributed by atoms with Gasteiger partial charge in [0.05, 0.1) is 18.2 Å². The second kappa shape index (κ2) is 5.21. The summed E-state index contributed by atoms with van der Waals surface area (Å²) in [7, 11) is 1.40. The van der Waals surface area contributed by atoms with E-state index in [4.69, 9.17) is 4.74 Å². The van der Waals surface area contributed by atoms with Crippen molar-refractivity contribution >= 4 is 16.9 Å². The van der Waals surface area contributed by atoms with Gasteiger partial charge in [0, 0.05) is 17.5 Å². The number of fused-ring (bicyclic) bond motifs is 1. The lowest BCUT2D eigenvalue weighted by Gasteiger charge is -2.00. The summed E-state index contributed by atoms with van der Waals surface area (Å²) in [6.45, 7) is 0. The number of nitrogens with one attached hydrogen (secondary N) is 1. The summed E-state index contributed by atoms with van der Waals surface area (Å²) in [4.78, 5) is 15.1. The maximum atomic E-state index is 11.8. The monoisotopic (exact) mass is 265 g/mol. The van der Waals surface area contributed by atoms with E-state index in [1.807, 2.05) is 30.3 Å². The van der Waals surface area contributed by atoms with Crippen molar-refractivity contribution in [2.24, 2.45) is 0 Å². The number of esters is 1. The molecule has 1 N–H and O–H groups in total. The summed E-state index contributed by atoms with van der Waals surface area (Å²) in [6, 6.07) is 18.0. The number of benzene rings is 2. The van der Waals surface area contributed by atoms with Crippen LogP contribution in [0.15, 0.2) is 54.6 Å². The van der Waals surface area contributed by atoms with Crippen LogP contribution < -0.4 is 0 Å². The first-order chi connectivity index (χ1) is 9.78. The molecule has 0 saturated carbocycles. The summed E-state index contributed by atoms with van der Waals surface area (Å²) in [5.41, 5.74) is 3.73. The van der Waals surface area contributed by atoms with Gasteiger partial charge in [0.15, 0.2) is 0 Å². The van der Waals surface area contributed by atoms with E-state index in [-0.39, 0.29) is 5.97 Å². The van der Waals surface area contributed by atoms with E-state index in [0.29, 0.717) is 5.56 Å². The first-order valence-electron chi connectivity index (χ1n) is 6.51. The summed E-state index contributed by atoms with van der Waals surface area (Å²) in [6.07, 6.45) is 0.816. The highest BCUT2D eigenvalue weighted by atomic mass is 16.5. The molecule has 0 saturated heterocycles. The van der Waals surface area contributed by atoms with Crippen LogP contribution in [0.1, 0.15) is 21.6 Å². The number of aromatic nitrogens is 1. The van der Waals surface area contributed by atoms with Crippen LogP contribution in [0.4, 0.5) is 0 Å². The van der Waals surface area contributed by atoms with E-state index in [1.165, 1.54) is 12.7 Å². The number of ether oxygens (including phenoxy) is 1. The summed E-state index contributed by atoms with van der Waals surface area (Å²) >= 11 is 0. The zero-order valence-electron chi connectivity index (χ0n) is 11.2. The van der Waals surface area contributed by atoms with E-state index in [0.717, 1.165) is 23.0 Å². The fourth-order valence-corrected chi connectivity index (χ4v) is 2.41. The van der Waals surface area contributed by atoms with Crippen LogP contribution in [0.2, 0.25) is 0 Å². The summed E-state index contributed by atoms with van der Waals surface area (Å²) < 4.78 is 4.81. The van der Waals surface area contributed by atoms with Crippen LogP contribution in [0, 0.1) is 0 Å². The quantitative estimate of drug-likeness (QED) is 0.736. The molecule has 3 nitrogen and oxygen atoms in total. The van der Waals surface area contributed by atoms with Crippen molar-refractivity contribution in [1.29, 1.82) is 0 Å². The third kappa shape index (κ3) is 2.30. The normalized spacial score (nSPS) is 10.7. The Morgan fingerprint density at radius 1 is 1.10 bits per heavy atom. The SMILES string of the molecule is COC(=O)c1cccc2cc(Cc3ccccc3)[nH]c12. The highest BCUT2D eigenvalue weighted by Gasteiger charge is 2.12. The number of carbonyl (C=O) groups excluding carboxylic acids is 1. The third-order valence-corrected chi connectivity index (χ3v) is 3.35. The molecule has 3 aromatic rings. The van der Waals surface area contributed by atoms with E-state index in [9.17, 15) is 4.79 Å². The summed E-state index contributed by atoms with van der Waals surface area (Å²) in [5.74, 6) is -0.316. The lowest BCUT2D eigenvalue weighted by Crippen LogP contribution is -2.01. The van der Waals surface area contributed by atoms with Gasteiger partial charge in [-0.25, -0.2) is 4.79 Å². The predicted molar refractivity (Wildman–Crippen MR) is 78.9 cm³/mol. The Labute approximate surface area is 117 Å². The Morgan fingerprint density at radius 3 is 2.65 bits per heavy atom. The molecule has 0 radical (unpaired) electrons. The minimum absolute atomic E-state index is 0.316. The van der Waals surface area contributed by atoms with Crippen LogP contribution in [-0.4, -0.2) is 18.1 Å². The van der Waals surface area contributed by atoms with Gasteiger partial charge in [-0.15, -0.1) is 0 Å². The summed E-state index contributed by atoms with van der Waals surface area (Å²) in [5, 5.41) is 1.03. The molecule has 1 aromatic heterocycles. The smallest absolute Gasteiger partial charge is 0.339 e. The largest absolute Gasteiger partial charge is 0.465 e. The molecule has 0 amide bonds. The Bertz CT molecular complexity index is 744. The lowest BCUT2D eigenvalue weighted by molar-refractivity contribution is 0.0603. The number of para-hydroxylation sites is 1. The van der Waals surface area contributed by atoms with Crippen molar-refractivity contribution in [2.75, 3.05) is 7.11 Å². The van der Waals surface area contributed by atoms with Gasteiger partial charge in [-0.3, -0.25) is 0 Å². The van der Waals surface area contributed by atoms with Crippen molar-refractivity contribution in [3.63, 3.8) is 0 Å². The number of hydrogen-bond donors (Lipinski definition) is 1. The third-order valence-electron chi connectivity index (χ3n) is 3.35. The second-order valence-electron chi connectivity index (χ2n) is 4.72. The number of methoxy groups -OCH3 is 1. The highest BCUT2D eigenvalue weighted by Crippen LogP contribution is 2.21. The van der Waals surface area contributed by atoms with Crippen LogP contribution >= 0.6 is 0 Å². The lowest BCUT2D eigenvalue weighted by atomic mass is 10.1. The average Bonchev–Trinajstić information content (AvgIpc) is 2.89. The van der Waals surface area contributed by atoms with Gasteiger partial charge in [0.2, 0.25) is 0 Å². The molecular formula is C17H15NO2. The van der Waals surface area contributed by atoms with Crippen molar-refractivity contribution in [1.82, 2.24) is 4.98 Å². The standard InChI is InChI=1S/C17H15NO2/c1-20-17(19)15-9-5-8-13-11-14(18-16(13)15)10-12-6-3-2-4-7-12/h2-9,11,18H,10H2,1H3. The average molecular weight is 265 g/mol. The molecule has 0 atom stereocenters. The van der Waals surface area contributed by atoms with Crippen molar-refractivity contribution in [2.45, 2.75) is 6.42 Å². The topological polar surface area (TPSA) is 42.1 Å². The predicted octanol–water partition coefficient (Wildman–Crippen LogP) is 3.55. The van der Waals surface area contributed by atoms with Crippen LogP contribution in [0.3, 0.4) is 0 Å². The minimum Gasteiger partial charge on any atom is -0.465 e. The molecular weight excluding hydrogens is 250 g/mol. The number of H-pyrrole nitrogens is 1. The molecule has 0 bridgehead atoms. The maximum absolute atomic E-state index is 11.8. The maximum Gasteiger partial charge on any atom is 0.339 e. The van der Waals surface area contributed by atoms with E-state index >= 15 is 0 Å². The number of aromatic amines is 1. The highest BCUT2D eigenvalue weighted by molar-refractivity contribution is 6.03. The van der Waals surface area contributed by atoms with E-state index in [1.54, 1.807) is 6.07 Å². The van der Waals surface area contributed by atoms with Crippen LogP contribution in [0.5, 0.6) is 0 Å². The zero-order chi connectivity index (χ0) is 13.9. The molecule has 3 rings (SSSR count). The van der Waals surface area contributed by atoms with Crippen LogP contribution in [-0.2, 0) is 11.2 Å². The molecule has 1 heterocycles. The molecule has 20 heavy (non-hydrogen) atoms. The number of hydrogen-bond acceptors (Lipinski definition) is 2. The zero-order valence-corrected chi connectivity index (χ0v) is 11.2. The molecule has 2 aromatic carbocycles. The first-order valence-corrected chi connectivity index (χ1v) is 6.51. The number of rotatable bonds is 3. The van der Waals surface area contributed by atoms with Crippen LogP contribution in [0.25, 0.3) is 10.9 Å². The van der Waals surface area contributed by atoms with Gasteiger partial charge in [-0.1, -0.05) is 42.5 Å². The second-order valence-corrected chi connectivity index (χ2v) is 4.72. The Hall–Kier alpha value is -2.55. The molecule has 0 aliphatic heterocycles. The molecule has 0 aliphatic carbocycles. The Morgan fingerprint density at radius 2 is 1.90 bits per heavy atom. The molecule has 100 valence electrons. The van der Waals surface area contributed by atoms with Crippen molar-refractivity contribution in [3.8, 4) is 0 Å². The molecule has 0 aliphatic rings. The fraction of sp³-hybridized carbons (Fsp3) is 0.118. The van der Waals surface area contributed by atoms with Gasteiger partial charge in [0.1, 0.15) is 0 Å². The van der Waals surface area contributed by atoms with Gasteiger partial charge >= 0.3 is 5.97 Å². The Kier molecular flexibility index (Phi) is 3.25. The van der Waals surface area contributed by atoms with Gasteiger partial charge < -0.3 is 9.72 Å². The Balaban J connectivity index is 2.00. The molecule has 0 unspecified atom stereocenters. The molecule has 3 heteroatoms. The number of carbonyl (C=O) groups is 1. The van der Waals surface area contributed by atoms with E-state index < -0.39 is 0 Å². The van der Waals surface area contributed by atoms with Gasteiger partial charge in [0.25, 0.3) is 0 Å². The van der Waals surface area contributed by atoms with Gasteiger partial charge in [-0.2, -0.15) is 0 Å². The molecule has 0 spiro atoms. The van der Waals surface area contributed by atoms with Crippen molar-refractivity contribution in [3.05, 3.63) is 71.4 Å². The first kappa shape index (κ1) is 12.5. The van der Waals surface area contributed by atoms with Gasteiger partial charge in [-0.05, 0) is 17.7 Å².